The smallest absolute Gasteiger partial charge is 0.246 e. The van der Waals surface area contributed by atoms with E-state index in [1.807, 2.05) is 6.07 Å². The molecule has 1 N–H and O–H groups in total. The first-order chi connectivity index (χ1) is 17.7. The molecule has 0 bridgehead atoms. The monoisotopic (exact) mass is 544 g/mol. The maximum Gasteiger partial charge on any atom is 0.246 e. The van der Waals surface area contributed by atoms with Crippen LogP contribution in [0.25, 0.3) is 6.08 Å². The second-order valence-corrected chi connectivity index (χ2v) is 10.2. The summed E-state index contributed by atoms with van der Waals surface area (Å²) in [6.45, 7) is 2.27. The lowest BCUT2D eigenvalue weighted by molar-refractivity contribution is -0.137. The molecule has 0 aliphatic carbocycles. The van der Waals surface area contributed by atoms with Crippen LogP contribution in [0, 0.1) is 0 Å². The van der Waals surface area contributed by atoms with Gasteiger partial charge in [0.25, 0.3) is 0 Å². The van der Waals surface area contributed by atoms with Crippen LogP contribution in [0.1, 0.15) is 36.9 Å². The molecule has 2 aliphatic heterocycles. The summed E-state index contributed by atoms with van der Waals surface area (Å²) in [7, 11) is 0. The number of hydrogen-bond donors (Lipinski definition) is 1. The quantitative estimate of drug-likeness (QED) is 0.562. The minimum absolute atomic E-state index is 0.0439. The molecule has 2 aliphatic rings. The number of benzene rings is 1. The molecule has 37 heavy (non-hydrogen) atoms. The zero-order valence-electron chi connectivity index (χ0n) is 20.5. The molecular formula is C27H30Cl2N4O4. The van der Waals surface area contributed by atoms with E-state index in [-0.39, 0.29) is 30.6 Å². The van der Waals surface area contributed by atoms with E-state index in [9.17, 15) is 19.5 Å². The second-order valence-electron chi connectivity index (χ2n) is 9.34. The van der Waals surface area contributed by atoms with Crippen LogP contribution < -0.4 is 0 Å². The number of amides is 3. The molecule has 2 fully saturated rings. The van der Waals surface area contributed by atoms with Crippen LogP contribution in [-0.4, -0.2) is 81.8 Å². The minimum Gasteiger partial charge on any atom is -0.383 e. The van der Waals surface area contributed by atoms with E-state index in [0.29, 0.717) is 67.8 Å². The molecule has 8 nitrogen and oxygen atoms in total. The van der Waals surface area contributed by atoms with Gasteiger partial charge in [-0.25, -0.2) is 0 Å². The SMILES string of the molecule is O=C(/C=C/c1ccc(Cl)c(Cl)c1)N1CCC(=O)N(CCC(=O)N2CCC(O)(c3ccccn3)CC2)CC1. The molecule has 196 valence electrons. The van der Waals surface area contributed by atoms with E-state index in [4.69, 9.17) is 23.2 Å². The maximum absolute atomic E-state index is 12.8. The number of aromatic nitrogens is 1. The van der Waals surface area contributed by atoms with Crippen molar-refractivity contribution in [2.45, 2.75) is 31.3 Å². The zero-order chi connectivity index (χ0) is 26.4. The number of rotatable bonds is 6. The molecule has 0 unspecified atom stereocenters. The van der Waals surface area contributed by atoms with Gasteiger partial charge in [0, 0.05) is 64.4 Å². The molecule has 1 aromatic heterocycles. The fraction of sp³-hybridized carbons (Fsp3) is 0.407. The van der Waals surface area contributed by atoms with Crippen LogP contribution in [0.5, 0.6) is 0 Å². The molecule has 0 radical (unpaired) electrons. The highest BCUT2D eigenvalue weighted by molar-refractivity contribution is 6.42. The predicted molar refractivity (Wildman–Crippen MR) is 142 cm³/mol. The van der Waals surface area contributed by atoms with Crippen LogP contribution >= 0.6 is 23.2 Å². The average molecular weight is 545 g/mol. The lowest BCUT2D eigenvalue weighted by atomic mass is 9.87. The normalized spacial score (nSPS) is 18.2. The Morgan fingerprint density at radius 1 is 1.00 bits per heavy atom. The van der Waals surface area contributed by atoms with E-state index in [1.54, 1.807) is 57.3 Å². The number of carbonyl (C=O) groups excluding carboxylic acids is 3. The van der Waals surface area contributed by atoms with E-state index in [1.165, 1.54) is 6.08 Å². The highest BCUT2D eigenvalue weighted by Crippen LogP contribution is 2.31. The Hall–Kier alpha value is -2.94. The summed E-state index contributed by atoms with van der Waals surface area (Å²) in [6, 6.07) is 10.6. The summed E-state index contributed by atoms with van der Waals surface area (Å²) in [4.78, 5) is 47.4. The van der Waals surface area contributed by atoms with Gasteiger partial charge in [-0.05, 0) is 48.7 Å². The Morgan fingerprint density at radius 3 is 2.49 bits per heavy atom. The topological polar surface area (TPSA) is 94.1 Å². The molecule has 3 amide bonds. The molecule has 2 aromatic rings. The average Bonchev–Trinajstić information content (AvgIpc) is 3.10. The summed E-state index contributed by atoms with van der Waals surface area (Å²) in [6.07, 6.45) is 6.05. The first-order valence-electron chi connectivity index (χ1n) is 12.4. The van der Waals surface area contributed by atoms with Crippen LogP contribution in [0.4, 0.5) is 0 Å². The summed E-state index contributed by atoms with van der Waals surface area (Å²) >= 11 is 12.0. The number of halogens is 2. The van der Waals surface area contributed by atoms with Crippen molar-refractivity contribution in [1.82, 2.24) is 19.7 Å². The van der Waals surface area contributed by atoms with Gasteiger partial charge in [-0.15, -0.1) is 0 Å². The molecular weight excluding hydrogens is 515 g/mol. The van der Waals surface area contributed by atoms with E-state index < -0.39 is 5.60 Å². The van der Waals surface area contributed by atoms with Gasteiger partial charge in [0.15, 0.2) is 0 Å². The van der Waals surface area contributed by atoms with E-state index >= 15 is 0 Å². The Bertz CT molecular complexity index is 1170. The summed E-state index contributed by atoms with van der Waals surface area (Å²) < 4.78 is 0. The van der Waals surface area contributed by atoms with Crippen molar-refractivity contribution in [3.8, 4) is 0 Å². The molecule has 0 saturated carbocycles. The predicted octanol–water partition coefficient (Wildman–Crippen LogP) is 3.36. The molecule has 1 aromatic carbocycles. The van der Waals surface area contributed by atoms with Gasteiger partial charge < -0.3 is 19.8 Å². The van der Waals surface area contributed by atoms with Crippen molar-refractivity contribution in [3.05, 3.63) is 70.0 Å². The number of likely N-dealkylation sites (tertiary alicyclic amines) is 1. The van der Waals surface area contributed by atoms with Crippen LogP contribution in [0.15, 0.2) is 48.7 Å². The third kappa shape index (κ3) is 6.89. The van der Waals surface area contributed by atoms with Crippen molar-refractivity contribution in [1.29, 1.82) is 0 Å². The first kappa shape index (κ1) is 27.1. The number of carbonyl (C=O) groups is 3. The Morgan fingerprint density at radius 2 is 1.78 bits per heavy atom. The van der Waals surface area contributed by atoms with Crippen molar-refractivity contribution >= 4 is 47.0 Å². The summed E-state index contributed by atoms with van der Waals surface area (Å²) in [5.41, 5.74) is 0.358. The fourth-order valence-electron chi connectivity index (χ4n) is 4.62. The zero-order valence-corrected chi connectivity index (χ0v) is 22.0. The molecule has 10 heteroatoms. The molecule has 4 rings (SSSR count). The van der Waals surface area contributed by atoms with Crippen LogP contribution in [0.3, 0.4) is 0 Å². The molecule has 3 heterocycles. The Balaban J connectivity index is 1.24. The number of nitrogens with zero attached hydrogens (tertiary/aromatic N) is 4. The largest absolute Gasteiger partial charge is 0.383 e. The molecule has 0 spiro atoms. The standard InChI is InChI=1S/C27H30Cl2N4O4/c28-21-6-4-20(19-22(21)29)5-7-24(34)31-13-8-25(35)32(18-17-31)14-9-26(36)33-15-10-27(37,11-16-33)23-3-1-2-12-30-23/h1-7,12,19,37H,8-11,13-18H2/b7-5+. The van der Waals surface area contributed by atoms with Crippen molar-refractivity contribution < 1.29 is 19.5 Å². The Kier molecular flexibility index (Phi) is 8.84. The maximum atomic E-state index is 12.8. The third-order valence-electron chi connectivity index (χ3n) is 6.94. The summed E-state index contributed by atoms with van der Waals surface area (Å²) in [5.74, 6) is -0.303. The van der Waals surface area contributed by atoms with Gasteiger partial charge >= 0.3 is 0 Å². The second kappa shape index (κ2) is 12.1. The van der Waals surface area contributed by atoms with Gasteiger partial charge in [-0.2, -0.15) is 0 Å². The number of aliphatic hydroxyl groups is 1. The minimum atomic E-state index is -1.02. The first-order valence-corrected chi connectivity index (χ1v) is 13.1. The lowest BCUT2D eigenvalue weighted by Crippen LogP contribution is -2.46. The van der Waals surface area contributed by atoms with E-state index in [2.05, 4.69) is 4.98 Å². The van der Waals surface area contributed by atoms with Crippen LogP contribution in [0.2, 0.25) is 10.0 Å². The van der Waals surface area contributed by atoms with E-state index in [0.717, 1.165) is 5.56 Å². The number of pyridine rings is 1. The highest BCUT2D eigenvalue weighted by atomic mass is 35.5. The number of piperidine rings is 1. The number of hydrogen-bond acceptors (Lipinski definition) is 5. The van der Waals surface area contributed by atoms with Gasteiger partial charge in [-0.3, -0.25) is 19.4 Å². The third-order valence-corrected chi connectivity index (χ3v) is 7.68. The summed E-state index contributed by atoms with van der Waals surface area (Å²) in [5, 5.41) is 11.8. The molecule has 2 saturated heterocycles. The van der Waals surface area contributed by atoms with Crippen molar-refractivity contribution in [2.24, 2.45) is 0 Å². The Labute approximate surface area is 226 Å². The van der Waals surface area contributed by atoms with Gasteiger partial charge in [-0.1, -0.05) is 35.3 Å². The van der Waals surface area contributed by atoms with Gasteiger partial charge in [0.2, 0.25) is 17.7 Å². The van der Waals surface area contributed by atoms with Crippen molar-refractivity contribution in [3.63, 3.8) is 0 Å². The van der Waals surface area contributed by atoms with Gasteiger partial charge in [0.1, 0.15) is 5.60 Å². The van der Waals surface area contributed by atoms with Crippen LogP contribution in [-0.2, 0) is 20.0 Å². The fourth-order valence-corrected chi connectivity index (χ4v) is 4.93. The molecule has 0 atom stereocenters. The van der Waals surface area contributed by atoms with Gasteiger partial charge in [0.05, 0.1) is 15.7 Å². The van der Waals surface area contributed by atoms with Crippen molar-refractivity contribution in [2.75, 3.05) is 39.3 Å². The highest BCUT2D eigenvalue weighted by Gasteiger charge is 2.36. The lowest BCUT2D eigenvalue weighted by Gasteiger charge is -2.38.